The van der Waals surface area contributed by atoms with E-state index < -0.39 is 5.82 Å². The average Bonchev–Trinajstić information content (AvgIpc) is 2.77. The second-order valence-corrected chi connectivity index (χ2v) is 5.92. The smallest absolute Gasteiger partial charge is 0.165 e. The number of rotatable bonds is 4. The fourth-order valence-electron chi connectivity index (χ4n) is 3.49. The zero-order valence-electron chi connectivity index (χ0n) is 11.7. The number of hydrogen-bond donors (Lipinski definition) is 1. The van der Waals surface area contributed by atoms with Gasteiger partial charge in [0.2, 0.25) is 0 Å². The molecule has 108 valence electrons. The SMILES string of the molecule is COc1ccc(CC(=O)C2CC3CCC(C2)N3)cc1F. The van der Waals surface area contributed by atoms with Gasteiger partial charge in [-0.3, -0.25) is 4.79 Å². The molecule has 0 aromatic heterocycles. The molecule has 20 heavy (non-hydrogen) atoms. The Labute approximate surface area is 118 Å². The number of carbonyl (C=O) groups is 1. The van der Waals surface area contributed by atoms with Crippen LogP contribution in [0.15, 0.2) is 18.2 Å². The Morgan fingerprint density at radius 1 is 1.35 bits per heavy atom. The Morgan fingerprint density at radius 2 is 2.05 bits per heavy atom. The normalized spacial score (nSPS) is 28.4. The summed E-state index contributed by atoms with van der Waals surface area (Å²) in [6.45, 7) is 0. The van der Waals surface area contributed by atoms with Crippen LogP contribution in [0.3, 0.4) is 0 Å². The van der Waals surface area contributed by atoms with Crippen LogP contribution in [0.5, 0.6) is 5.75 Å². The third kappa shape index (κ3) is 2.70. The van der Waals surface area contributed by atoms with Crippen molar-refractivity contribution in [1.82, 2.24) is 5.32 Å². The topological polar surface area (TPSA) is 38.3 Å². The predicted molar refractivity (Wildman–Crippen MR) is 74.3 cm³/mol. The summed E-state index contributed by atoms with van der Waals surface area (Å²) in [5, 5.41) is 3.53. The molecule has 0 amide bonds. The van der Waals surface area contributed by atoms with Gasteiger partial charge in [0, 0.05) is 24.4 Å². The van der Waals surface area contributed by atoms with Gasteiger partial charge in [0.1, 0.15) is 5.78 Å². The van der Waals surface area contributed by atoms with Crippen LogP contribution < -0.4 is 10.1 Å². The summed E-state index contributed by atoms with van der Waals surface area (Å²) in [4.78, 5) is 12.4. The van der Waals surface area contributed by atoms with Crippen molar-refractivity contribution in [1.29, 1.82) is 0 Å². The van der Waals surface area contributed by atoms with Gasteiger partial charge in [-0.05, 0) is 43.4 Å². The Morgan fingerprint density at radius 3 is 2.65 bits per heavy atom. The minimum atomic E-state index is -0.400. The number of ether oxygens (including phenoxy) is 1. The van der Waals surface area contributed by atoms with Gasteiger partial charge in [0.05, 0.1) is 7.11 Å². The molecular weight excluding hydrogens is 257 g/mol. The molecule has 1 aromatic carbocycles. The quantitative estimate of drug-likeness (QED) is 0.919. The third-order valence-corrected chi connectivity index (χ3v) is 4.52. The molecule has 3 nitrogen and oxygen atoms in total. The van der Waals surface area contributed by atoms with Crippen LogP contribution in [0.2, 0.25) is 0 Å². The van der Waals surface area contributed by atoms with E-state index >= 15 is 0 Å². The van der Waals surface area contributed by atoms with Crippen LogP contribution >= 0.6 is 0 Å². The van der Waals surface area contributed by atoms with Gasteiger partial charge in [-0.2, -0.15) is 0 Å². The van der Waals surface area contributed by atoms with Crippen molar-refractivity contribution in [3.05, 3.63) is 29.6 Å². The standard InChI is InChI=1S/C16H20FNO2/c1-20-16-5-2-10(6-14(16)17)7-15(19)11-8-12-3-4-13(9-11)18-12/h2,5-6,11-13,18H,3-4,7-9H2,1H3. The summed E-state index contributed by atoms with van der Waals surface area (Å²) < 4.78 is 18.5. The molecule has 2 bridgehead atoms. The number of fused-ring (bicyclic) bond motifs is 2. The first-order valence-corrected chi connectivity index (χ1v) is 7.27. The van der Waals surface area contributed by atoms with Gasteiger partial charge >= 0.3 is 0 Å². The van der Waals surface area contributed by atoms with E-state index in [0.29, 0.717) is 18.5 Å². The number of hydrogen-bond acceptors (Lipinski definition) is 3. The summed E-state index contributed by atoms with van der Waals surface area (Å²) >= 11 is 0. The summed E-state index contributed by atoms with van der Waals surface area (Å²) in [6, 6.07) is 5.79. The van der Waals surface area contributed by atoms with E-state index in [2.05, 4.69) is 5.32 Å². The van der Waals surface area contributed by atoms with E-state index in [1.807, 2.05) is 0 Å². The van der Waals surface area contributed by atoms with E-state index in [9.17, 15) is 9.18 Å². The summed E-state index contributed by atoms with van der Waals surface area (Å²) in [7, 11) is 1.44. The van der Waals surface area contributed by atoms with E-state index in [4.69, 9.17) is 4.74 Å². The maximum atomic E-state index is 13.6. The summed E-state index contributed by atoms with van der Waals surface area (Å²) in [5.74, 6) is 0.205. The lowest BCUT2D eigenvalue weighted by molar-refractivity contribution is -0.123. The molecule has 0 radical (unpaired) electrons. The van der Waals surface area contributed by atoms with E-state index in [0.717, 1.165) is 18.4 Å². The number of benzene rings is 1. The predicted octanol–water partition coefficient (Wildman–Crippen LogP) is 2.48. The second-order valence-electron chi connectivity index (χ2n) is 5.92. The monoisotopic (exact) mass is 277 g/mol. The van der Waals surface area contributed by atoms with Gasteiger partial charge in [-0.15, -0.1) is 0 Å². The molecule has 2 fully saturated rings. The van der Waals surface area contributed by atoms with Crippen molar-refractivity contribution in [3.63, 3.8) is 0 Å². The van der Waals surface area contributed by atoms with Crippen molar-refractivity contribution in [3.8, 4) is 5.75 Å². The first-order chi connectivity index (χ1) is 9.65. The van der Waals surface area contributed by atoms with Crippen LogP contribution in [-0.4, -0.2) is 25.0 Å². The molecule has 2 atom stereocenters. The molecule has 0 spiro atoms. The molecular formula is C16H20FNO2. The third-order valence-electron chi connectivity index (χ3n) is 4.52. The Balaban J connectivity index is 1.65. The molecule has 0 aliphatic carbocycles. The van der Waals surface area contributed by atoms with Gasteiger partial charge in [0.15, 0.2) is 11.6 Å². The van der Waals surface area contributed by atoms with Crippen molar-refractivity contribution < 1.29 is 13.9 Å². The van der Waals surface area contributed by atoms with Crippen molar-refractivity contribution in [2.75, 3.05) is 7.11 Å². The highest BCUT2D eigenvalue weighted by Crippen LogP contribution is 2.32. The molecule has 1 N–H and O–H groups in total. The minimum absolute atomic E-state index is 0.138. The molecule has 2 heterocycles. The van der Waals surface area contributed by atoms with Gasteiger partial charge in [-0.1, -0.05) is 6.07 Å². The van der Waals surface area contributed by atoms with Gasteiger partial charge in [-0.25, -0.2) is 4.39 Å². The fourth-order valence-corrected chi connectivity index (χ4v) is 3.49. The lowest BCUT2D eigenvalue weighted by Crippen LogP contribution is -2.40. The van der Waals surface area contributed by atoms with Crippen LogP contribution in [0.1, 0.15) is 31.2 Å². The number of halogens is 1. The molecule has 2 aliphatic heterocycles. The molecule has 1 aromatic rings. The maximum Gasteiger partial charge on any atom is 0.165 e. The van der Waals surface area contributed by atoms with Crippen molar-refractivity contribution in [2.24, 2.45) is 5.92 Å². The minimum Gasteiger partial charge on any atom is -0.494 e. The maximum absolute atomic E-state index is 13.6. The zero-order chi connectivity index (χ0) is 14.1. The number of nitrogens with one attached hydrogen (secondary N) is 1. The van der Waals surface area contributed by atoms with Gasteiger partial charge in [0.25, 0.3) is 0 Å². The Kier molecular flexibility index (Phi) is 3.74. The largest absolute Gasteiger partial charge is 0.494 e. The van der Waals surface area contributed by atoms with Crippen LogP contribution in [0.25, 0.3) is 0 Å². The molecule has 2 unspecified atom stereocenters. The first kappa shape index (κ1) is 13.6. The van der Waals surface area contributed by atoms with Crippen LogP contribution in [0.4, 0.5) is 4.39 Å². The number of piperidine rings is 1. The lowest BCUT2D eigenvalue weighted by Gasteiger charge is -2.28. The number of carbonyl (C=O) groups excluding carboxylic acids is 1. The van der Waals surface area contributed by atoms with Crippen molar-refractivity contribution >= 4 is 5.78 Å². The highest BCUT2D eigenvalue weighted by atomic mass is 19.1. The van der Waals surface area contributed by atoms with E-state index in [1.54, 1.807) is 12.1 Å². The number of methoxy groups -OCH3 is 1. The molecule has 4 heteroatoms. The summed E-state index contributed by atoms with van der Waals surface area (Å²) in [6.07, 6.45) is 4.57. The second kappa shape index (κ2) is 5.52. The average molecular weight is 277 g/mol. The fraction of sp³-hybridized carbons (Fsp3) is 0.562. The molecule has 0 saturated carbocycles. The zero-order valence-corrected chi connectivity index (χ0v) is 11.7. The van der Waals surface area contributed by atoms with Crippen LogP contribution in [-0.2, 0) is 11.2 Å². The number of ketones is 1. The van der Waals surface area contributed by atoms with E-state index in [-0.39, 0.29) is 17.5 Å². The molecule has 3 rings (SSSR count). The highest BCUT2D eigenvalue weighted by Gasteiger charge is 2.36. The van der Waals surface area contributed by atoms with Crippen LogP contribution in [0, 0.1) is 11.7 Å². The lowest BCUT2D eigenvalue weighted by atomic mass is 9.86. The van der Waals surface area contributed by atoms with E-state index in [1.165, 1.54) is 26.0 Å². The first-order valence-electron chi connectivity index (χ1n) is 7.27. The highest BCUT2D eigenvalue weighted by molar-refractivity contribution is 5.83. The Hall–Kier alpha value is -1.42. The summed E-state index contributed by atoms with van der Waals surface area (Å²) in [5.41, 5.74) is 0.735. The van der Waals surface area contributed by atoms with Gasteiger partial charge < -0.3 is 10.1 Å². The van der Waals surface area contributed by atoms with Crippen molar-refractivity contribution in [2.45, 2.75) is 44.2 Å². The molecule has 2 saturated heterocycles. The Bertz CT molecular complexity index is 505. The molecule has 2 aliphatic rings. The number of Topliss-reactive ketones (excluding diaryl/α,β-unsaturated/α-hetero) is 1.